The van der Waals surface area contributed by atoms with Crippen LogP contribution in [-0.2, 0) is 4.74 Å². The lowest BCUT2D eigenvalue weighted by molar-refractivity contribution is 0.0712. The normalized spacial score (nSPS) is 18.8. The lowest BCUT2D eigenvalue weighted by Crippen LogP contribution is -2.41. The van der Waals surface area contributed by atoms with Crippen molar-refractivity contribution in [3.05, 3.63) is 40.6 Å². The number of carbonyl (C=O) groups is 1. The molecule has 1 amide bonds. The monoisotopic (exact) mass is 334 g/mol. The molecule has 0 aliphatic carbocycles. The van der Waals surface area contributed by atoms with Crippen LogP contribution >= 0.6 is 11.6 Å². The molecule has 6 heteroatoms. The molecule has 0 radical (unpaired) electrons. The number of nitrogens with zero attached hydrogens (tertiary/aromatic N) is 1. The maximum absolute atomic E-state index is 12.7. The fourth-order valence-corrected chi connectivity index (χ4v) is 3.07. The molecular weight excluding hydrogens is 316 g/mol. The molecule has 1 aromatic heterocycles. The van der Waals surface area contributed by atoms with Crippen LogP contribution in [0.5, 0.6) is 0 Å². The van der Waals surface area contributed by atoms with Gasteiger partial charge in [0.1, 0.15) is 17.0 Å². The Labute approximate surface area is 139 Å². The maximum Gasteiger partial charge on any atom is 0.257 e. The zero-order chi connectivity index (χ0) is 16.4. The zero-order valence-electron chi connectivity index (χ0n) is 13.1. The summed E-state index contributed by atoms with van der Waals surface area (Å²) in [5, 5.41) is 7.54. The topological polar surface area (TPSA) is 64.4 Å². The highest BCUT2D eigenvalue weighted by Gasteiger charge is 2.28. The highest BCUT2D eigenvalue weighted by molar-refractivity contribution is 6.33. The predicted octanol–water partition coefficient (Wildman–Crippen LogP) is 3.60. The van der Waals surface area contributed by atoms with E-state index >= 15 is 0 Å². The molecule has 0 bridgehead atoms. The van der Waals surface area contributed by atoms with E-state index in [-0.39, 0.29) is 18.1 Å². The number of aryl methyl sites for hydroxylation is 1. The van der Waals surface area contributed by atoms with Crippen LogP contribution in [0.15, 0.2) is 28.8 Å². The van der Waals surface area contributed by atoms with Crippen LogP contribution in [0.2, 0.25) is 5.02 Å². The number of hydrogen-bond acceptors (Lipinski definition) is 4. The molecule has 1 N–H and O–H groups in total. The molecule has 122 valence electrons. The minimum atomic E-state index is -0.221. The van der Waals surface area contributed by atoms with Crippen molar-refractivity contribution in [1.29, 1.82) is 0 Å². The van der Waals surface area contributed by atoms with E-state index in [9.17, 15) is 4.79 Å². The van der Waals surface area contributed by atoms with Gasteiger partial charge in [0.05, 0.1) is 17.2 Å². The predicted molar refractivity (Wildman–Crippen MR) is 87.6 cm³/mol. The summed E-state index contributed by atoms with van der Waals surface area (Å²) in [4.78, 5) is 12.7. The van der Waals surface area contributed by atoms with E-state index in [1.54, 1.807) is 13.0 Å². The van der Waals surface area contributed by atoms with Gasteiger partial charge in [-0.1, -0.05) is 35.0 Å². The van der Waals surface area contributed by atoms with Gasteiger partial charge in [0, 0.05) is 12.2 Å². The van der Waals surface area contributed by atoms with Crippen molar-refractivity contribution in [2.24, 2.45) is 0 Å². The van der Waals surface area contributed by atoms with Crippen molar-refractivity contribution in [2.75, 3.05) is 6.61 Å². The van der Waals surface area contributed by atoms with Crippen LogP contribution in [0.25, 0.3) is 11.3 Å². The van der Waals surface area contributed by atoms with Crippen LogP contribution < -0.4 is 5.32 Å². The molecule has 1 saturated heterocycles. The van der Waals surface area contributed by atoms with Gasteiger partial charge in [-0.2, -0.15) is 0 Å². The Morgan fingerprint density at radius 1 is 1.43 bits per heavy atom. The molecule has 2 aromatic rings. The largest absolute Gasteiger partial charge is 0.376 e. The molecule has 2 atom stereocenters. The Bertz CT molecular complexity index is 708. The summed E-state index contributed by atoms with van der Waals surface area (Å²) in [6, 6.07) is 7.19. The summed E-state index contributed by atoms with van der Waals surface area (Å²) >= 11 is 6.22. The third-order valence-corrected chi connectivity index (χ3v) is 4.43. The Hall–Kier alpha value is -1.85. The number of benzene rings is 1. The quantitative estimate of drug-likeness (QED) is 0.927. The van der Waals surface area contributed by atoms with E-state index in [0.29, 0.717) is 27.6 Å². The van der Waals surface area contributed by atoms with E-state index in [0.717, 1.165) is 19.4 Å². The molecule has 0 unspecified atom stereocenters. The molecule has 23 heavy (non-hydrogen) atoms. The average molecular weight is 335 g/mol. The van der Waals surface area contributed by atoms with Gasteiger partial charge >= 0.3 is 0 Å². The first-order valence-corrected chi connectivity index (χ1v) is 8.09. The summed E-state index contributed by atoms with van der Waals surface area (Å²) in [5.74, 6) is 0.249. The van der Waals surface area contributed by atoms with E-state index in [1.165, 1.54) is 0 Å². The molecule has 2 heterocycles. The van der Waals surface area contributed by atoms with Gasteiger partial charge < -0.3 is 14.6 Å². The molecule has 0 saturated carbocycles. The molecule has 1 aromatic carbocycles. The van der Waals surface area contributed by atoms with Crippen LogP contribution in [0.3, 0.4) is 0 Å². The van der Waals surface area contributed by atoms with Crippen molar-refractivity contribution in [2.45, 2.75) is 38.8 Å². The summed E-state index contributed by atoms with van der Waals surface area (Å²) in [6.07, 6.45) is 2.05. The third kappa shape index (κ3) is 3.26. The fourth-order valence-electron chi connectivity index (χ4n) is 2.85. The first-order valence-electron chi connectivity index (χ1n) is 7.71. The Kier molecular flexibility index (Phi) is 4.68. The Morgan fingerprint density at radius 2 is 2.22 bits per heavy atom. The van der Waals surface area contributed by atoms with Crippen LogP contribution in [0.4, 0.5) is 0 Å². The van der Waals surface area contributed by atoms with E-state index in [4.69, 9.17) is 20.9 Å². The lowest BCUT2D eigenvalue weighted by atomic mass is 10.0. The first-order chi connectivity index (χ1) is 11.1. The van der Waals surface area contributed by atoms with Crippen LogP contribution in [0.1, 0.15) is 35.9 Å². The van der Waals surface area contributed by atoms with Gasteiger partial charge in [0.15, 0.2) is 0 Å². The number of hydrogen-bond donors (Lipinski definition) is 1. The minimum absolute atomic E-state index is 0.0582. The van der Waals surface area contributed by atoms with Crippen molar-refractivity contribution < 1.29 is 14.1 Å². The fraction of sp³-hybridized carbons (Fsp3) is 0.412. The lowest BCUT2D eigenvalue weighted by Gasteiger charge is -2.20. The summed E-state index contributed by atoms with van der Waals surface area (Å²) in [7, 11) is 0. The van der Waals surface area contributed by atoms with E-state index < -0.39 is 0 Å². The van der Waals surface area contributed by atoms with Gasteiger partial charge in [-0.25, -0.2) is 0 Å². The van der Waals surface area contributed by atoms with E-state index in [1.807, 2.05) is 25.1 Å². The maximum atomic E-state index is 12.7. The molecule has 1 aliphatic rings. The molecule has 1 fully saturated rings. The second kappa shape index (κ2) is 6.72. The Balaban J connectivity index is 1.86. The zero-order valence-corrected chi connectivity index (χ0v) is 13.9. The van der Waals surface area contributed by atoms with Crippen molar-refractivity contribution in [3.8, 4) is 11.3 Å². The second-order valence-corrected chi connectivity index (χ2v) is 6.16. The number of rotatable bonds is 4. The van der Waals surface area contributed by atoms with Gasteiger partial charge in [-0.05, 0) is 32.8 Å². The molecule has 3 rings (SSSR count). The standard InChI is InChI=1S/C17H19ClN2O3/c1-10(14-8-5-9-22-14)19-17(21)15-11(2)23-20-16(15)12-6-3-4-7-13(12)18/h3-4,6-7,10,14H,5,8-9H2,1-2H3,(H,19,21)/t10-,14-/m1/s1. The third-order valence-electron chi connectivity index (χ3n) is 4.10. The van der Waals surface area contributed by atoms with Gasteiger partial charge in [0.25, 0.3) is 5.91 Å². The van der Waals surface area contributed by atoms with Gasteiger partial charge in [-0.3, -0.25) is 4.79 Å². The summed E-state index contributed by atoms with van der Waals surface area (Å²) in [6.45, 7) is 4.42. The molecule has 1 aliphatic heterocycles. The van der Waals surface area contributed by atoms with Gasteiger partial charge in [0.2, 0.25) is 0 Å². The summed E-state index contributed by atoms with van der Waals surface area (Å²) < 4.78 is 10.9. The van der Waals surface area contributed by atoms with Crippen molar-refractivity contribution in [3.63, 3.8) is 0 Å². The van der Waals surface area contributed by atoms with Crippen molar-refractivity contribution >= 4 is 17.5 Å². The second-order valence-electron chi connectivity index (χ2n) is 5.76. The Morgan fingerprint density at radius 3 is 2.91 bits per heavy atom. The SMILES string of the molecule is Cc1onc(-c2ccccc2Cl)c1C(=O)N[C@H](C)[C@H]1CCCO1. The highest BCUT2D eigenvalue weighted by atomic mass is 35.5. The summed E-state index contributed by atoms with van der Waals surface area (Å²) in [5.41, 5.74) is 1.56. The van der Waals surface area contributed by atoms with Crippen LogP contribution in [0, 0.1) is 6.92 Å². The number of carbonyl (C=O) groups excluding carboxylic acids is 1. The van der Waals surface area contributed by atoms with Crippen molar-refractivity contribution in [1.82, 2.24) is 10.5 Å². The molecular formula is C17H19ClN2O3. The number of halogens is 1. The first kappa shape index (κ1) is 16.0. The number of ether oxygens (including phenoxy) is 1. The number of amides is 1. The highest BCUT2D eigenvalue weighted by Crippen LogP contribution is 2.31. The smallest absolute Gasteiger partial charge is 0.257 e. The number of nitrogens with one attached hydrogen (secondary N) is 1. The number of aromatic nitrogens is 1. The van der Waals surface area contributed by atoms with Gasteiger partial charge in [-0.15, -0.1) is 0 Å². The van der Waals surface area contributed by atoms with Crippen LogP contribution in [-0.4, -0.2) is 29.8 Å². The molecule has 0 spiro atoms. The minimum Gasteiger partial charge on any atom is -0.376 e. The molecule has 5 nitrogen and oxygen atoms in total. The van der Waals surface area contributed by atoms with E-state index in [2.05, 4.69) is 10.5 Å². The average Bonchev–Trinajstić information content (AvgIpc) is 3.17.